The van der Waals surface area contributed by atoms with Crippen LogP contribution in [0.15, 0.2) is 28.8 Å². The van der Waals surface area contributed by atoms with Gasteiger partial charge >= 0.3 is 0 Å². The highest BCUT2D eigenvalue weighted by atomic mass is 16.5. The molecule has 1 aliphatic rings. The van der Waals surface area contributed by atoms with Gasteiger partial charge in [0, 0.05) is 30.8 Å². The van der Waals surface area contributed by atoms with Crippen LogP contribution in [-0.2, 0) is 16.1 Å². The van der Waals surface area contributed by atoms with Crippen LogP contribution in [0.5, 0.6) is 0 Å². The first-order chi connectivity index (χ1) is 12.4. The highest BCUT2D eigenvalue weighted by Crippen LogP contribution is 2.27. The van der Waals surface area contributed by atoms with Gasteiger partial charge in [0.1, 0.15) is 5.76 Å². The minimum Gasteiger partial charge on any atom is -0.361 e. The molecule has 138 valence electrons. The first-order valence-corrected chi connectivity index (χ1v) is 8.96. The van der Waals surface area contributed by atoms with Crippen molar-refractivity contribution < 1.29 is 14.1 Å². The summed E-state index contributed by atoms with van der Waals surface area (Å²) in [6.45, 7) is 8.72. The smallest absolute Gasteiger partial charge is 0.227 e. The molecule has 3 rings (SSSR count). The summed E-state index contributed by atoms with van der Waals surface area (Å²) in [5, 5.41) is 6.79. The molecule has 1 fully saturated rings. The lowest BCUT2D eigenvalue weighted by Gasteiger charge is -2.17. The summed E-state index contributed by atoms with van der Waals surface area (Å²) in [5.74, 6) is 0.686. The molecule has 2 amide bonds. The second kappa shape index (κ2) is 7.32. The van der Waals surface area contributed by atoms with E-state index in [1.807, 2.05) is 38.1 Å². The fourth-order valence-electron chi connectivity index (χ4n) is 3.25. The molecule has 0 aliphatic carbocycles. The van der Waals surface area contributed by atoms with E-state index >= 15 is 0 Å². The number of carbonyl (C=O) groups excluding carboxylic acids is 2. The number of aryl methyl sites for hydroxylation is 2. The van der Waals surface area contributed by atoms with E-state index in [0.717, 1.165) is 16.9 Å². The zero-order valence-corrected chi connectivity index (χ0v) is 15.7. The summed E-state index contributed by atoms with van der Waals surface area (Å²) in [6.07, 6.45) is 0.235. The Kier molecular flexibility index (Phi) is 5.11. The van der Waals surface area contributed by atoms with Crippen LogP contribution in [0.3, 0.4) is 0 Å². The summed E-state index contributed by atoms with van der Waals surface area (Å²) < 4.78 is 5.11. The molecule has 6 nitrogen and oxygen atoms in total. The number of amides is 2. The third-order valence-electron chi connectivity index (χ3n) is 4.99. The van der Waals surface area contributed by atoms with E-state index in [1.54, 1.807) is 4.90 Å². The molecule has 26 heavy (non-hydrogen) atoms. The van der Waals surface area contributed by atoms with Crippen molar-refractivity contribution >= 4 is 17.5 Å². The molecule has 6 heteroatoms. The van der Waals surface area contributed by atoms with Crippen LogP contribution in [0.25, 0.3) is 0 Å². The van der Waals surface area contributed by atoms with Gasteiger partial charge in [-0.1, -0.05) is 31.1 Å². The average molecular weight is 355 g/mol. The van der Waals surface area contributed by atoms with Crippen LogP contribution in [0, 0.1) is 19.8 Å². The first kappa shape index (κ1) is 18.2. The van der Waals surface area contributed by atoms with Gasteiger partial charge in [-0.15, -0.1) is 0 Å². The van der Waals surface area contributed by atoms with Gasteiger partial charge in [0.05, 0.1) is 11.6 Å². The van der Waals surface area contributed by atoms with E-state index in [-0.39, 0.29) is 24.2 Å². The number of nitrogens with one attached hydrogen (secondary N) is 1. The zero-order chi connectivity index (χ0) is 18.8. The van der Waals surface area contributed by atoms with Crippen molar-refractivity contribution in [3.05, 3.63) is 46.8 Å². The lowest BCUT2D eigenvalue weighted by atomic mass is 10.0. The Morgan fingerprint density at radius 1 is 1.31 bits per heavy atom. The molecular formula is C20H25N3O3. The SMILES string of the molecule is Cc1noc(C)c1CNC(=O)[C@@H]1CC(=O)N(c2ccc(C(C)C)cc2)C1. The summed E-state index contributed by atoms with van der Waals surface area (Å²) in [7, 11) is 0. The number of carbonyl (C=O) groups is 2. The molecule has 2 aromatic rings. The Bertz CT molecular complexity index is 789. The quantitative estimate of drug-likeness (QED) is 0.894. The van der Waals surface area contributed by atoms with Gasteiger partial charge in [0.2, 0.25) is 11.8 Å². The van der Waals surface area contributed by atoms with Crippen LogP contribution in [-0.4, -0.2) is 23.5 Å². The van der Waals surface area contributed by atoms with Gasteiger partial charge < -0.3 is 14.7 Å². The highest BCUT2D eigenvalue weighted by Gasteiger charge is 2.35. The number of hydrogen-bond donors (Lipinski definition) is 1. The number of aromatic nitrogens is 1. The van der Waals surface area contributed by atoms with Gasteiger partial charge in [-0.3, -0.25) is 9.59 Å². The number of nitrogens with zero attached hydrogens (tertiary/aromatic N) is 2. The third-order valence-corrected chi connectivity index (χ3v) is 4.99. The van der Waals surface area contributed by atoms with E-state index in [1.165, 1.54) is 5.56 Å². The van der Waals surface area contributed by atoms with Crippen LogP contribution < -0.4 is 10.2 Å². The second-order valence-electron chi connectivity index (χ2n) is 7.17. The second-order valence-corrected chi connectivity index (χ2v) is 7.17. The number of rotatable bonds is 5. The van der Waals surface area contributed by atoms with Crippen molar-refractivity contribution in [2.45, 2.75) is 46.6 Å². The lowest BCUT2D eigenvalue weighted by molar-refractivity contribution is -0.126. The molecule has 0 radical (unpaired) electrons. The minimum absolute atomic E-state index is 0.0141. The van der Waals surface area contributed by atoms with Gasteiger partial charge in [-0.05, 0) is 37.5 Å². The standard InChI is InChI=1S/C20H25N3O3/c1-12(2)15-5-7-17(8-6-15)23-11-16(9-19(23)24)20(25)21-10-18-13(3)22-26-14(18)4/h5-8,12,16H,9-11H2,1-4H3,(H,21,25)/t16-/m1/s1. The Hall–Kier alpha value is -2.63. The van der Waals surface area contributed by atoms with Crippen molar-refractivity contribution in [1.82, 2.24) is 10.5 Å². The molecule has 1 atom stereocenters. The molecule has 1 saturated heterocycles. The zero-order valence-electron chi connectivity index (χ0n) is 15.7. The normalized spacial score (nSPS) is 17.2. The molecule has 1 aromatic carbocycles. The molecule has 1 aromatic heterocycles. The van der Waals surface area contributed by atoms with E-state index < -0.39 is 0 Å². The maximum atomic E-state index is 12.5. The molecule has 2 heterocycles. The fraction of sp³-hybridized carbons (Fsp3) is 0.450. The minimum atomic E-state index is -0.340. The molecule has 1 aliphatic heterocycles. The molecule has 0 bridgehead atoms. The number of benzene rings is 1. The van der Waals surface area contributed by atoms with Gasteiger partial charge in [-0.2, -0.15) is 0 Å². The Balaban J connectivity index is 1.62. The maximum Gasteiger partial charge on any atom is 0.227 e. The van der Waals surface area contributed by atoms with Crippen LogP contribution >= 0.6 is 0 Å². The molecule has 0 spiro atoms. The predicted molar refractivity (Wildman–Crippen MR) is 98.8 cm³/mol. The van der Waals surface area contributed by atoms with E-state index in [0.29, 0.717) is 24.8 Å². The van der Waals surface area contributed by atoms with E-state index in [2.05, 4.69) is 24.3 Å². The Morgan fingerprint density at radius 2 is 2.00 bits per heavy atom. The van der Waals surface area contributed by atoms with Crippen LogP contribution in [0.1, 0.15) is 48.8 Å². The van der Waals surface area contributed by atoms with Crippen molar-refractivity contribution in [3.63, 3.8) is 0 Å². The monoisotopic (exact) mass is 355 g/mol. The van der Waals surface area contributed by atoms with Crippen LogP contribution in [0.4, 0.5) is 5.69 Å². The molecule has 1 N–H and O–H groups in total. The molecule has 0 saturated carbocycles. The summed E-state index contributed by atoms with van der Waals surface area (Å²) in [5.41, 5.74) is 3.75. The summed E-state index contributed by atoms with van der Waals surface area (Å²) in [4.78, 5) is 26.6. The van der Waals surface area contributed by atoms with Gasteiger partial charge in [0.25, 0.3) is 0 Å². The van der Waals surface area contributed by atoms with Crippen molar-refractivity contribution in [1.29, 1.82) is 0 Å². The third kappa shape index (κ3) is 3.64. The Morgan fingerprint density at radius 3 is 2.58 bits per heavy atom. The number of anilines is 1. The first-order valence-electron chi connectivity index (χ1n) is 8.96. The van der Waals surface area contributed by atoms with Crippen LogP contribution in [0.2, 0.25) is 0 Å². The van der Waals surface area contributed by atoms with Crippen molar-refractivity contribution in [2.75, 3.05) is 11.4 Å². The van der Waals surface area contributed by atoms with E-state index in [4.69, 9.17) is 4.52 Å². The maximum absolute atomic E-state index is 12.5. The summed E-state index contributed by atoms with van der Waals surface area (Å²) in [6, 6.07) is 7.99. The average Bonchev–Trinajstić information content (AvgIpc) is 3.16. The fourth-order valence-corrected chi connectivity index (χ4v) is 3.25. The lowest BCUT2D eigenvalue weighted by Crippen LogP contribution is -2.32. The topological polar surface area (TPSA) is 75.4 Å². The van der Waals surface area contributed by atoms with E-state index in [9.17, 15) is 9.59 Å². The highest BCUT2D eigenvalue weighted by molar-refractivity contribution is 6.00. The Labute approximate surface area is 153 Å². The molecular weight excluding hydrogens is 330 g/mol. The summed E-state index contributed by atoms with van der Waals surface area (Å²) >= 11 is 0. The largest absolute Gasteiger partial charge is 0.361 e. The van der Waals surface area contributed by atoms with Gasteiger partial charge in [0.15, 0.2) is 0 Å². The molecule has 0 unspecified atom stereocenters. The van der Waals surface area contributed by atoms with Gasteiger partial charge in [-0.25, -0.2) is 0 Å². The van der Waals surface area contributed by atoms with Crippen molar-refractivity contribution in [3.8, 4) is 0 Å². The predicted octanol–water partition coefficient (Wildman–Crippen LogP) is 3.08. The number of hydrogen-bond acceptors (Lipinski definition) is 4. The van der Waals surface area contributed by atoms with Crippen molar-refractivity contribution in [2.24, 2.45) is 5.92 Å².